The molecule has 0 aliphatic heterocycles. The summed E-state index contributed by atoms with van der Waals surface area (Å²) in [5.41, 5.74) is 0. The normalized spacial score (nSPS) is 21.1. The lowest BCUT2D eigenvalue weighted by molar-refractivity contribution is -0.220. The Morgan fingerprint density at radius 2 is 0.771 bits per heavy atom. The third-order valence-corrected chi connectivity index (χ3v) is 13.9. The Morgan fingerprint density at radius 1 is 0.443 bits per heavy atom. The summed E-state index contributed by atoms with van der Waals surface area (Å²) in [6, 6.07) is 0. The van der Waals surface area contributed by atoms with Gasteiger partial charge in [0, 0.05) is 12.8 Å². The summed E-state index contributed by atoms with van der Waals surface area (Å²) >= 11 is 0. The number of aliphatic hydroxyl groups is 5. The molecule has 0 heterocycles. The van der Waals surface area contributed by atoms with Crippen LogP contribution in [-0.4, -0.2) is 98.3 Å². The van der Waals surface area contributed by atoms with E-state index in [1.165, 1.54) is 116 Å². The highest BCUT2D eigenvalue weighted by molar-refractivity contribution is 7.47. The van der Waals surface area contributed by atoms with Gasteiger partial charge in [0.1, 0.15) is 43.2 Å². The molecule has 0 bridgehead atoms. The van der Waals surface area contributed by atoms with Gasteiger partial charge < -0.3 is 39.9 Å². The molecular formula is C56H101O13P. The van der Waals surface area contributed by atoms with Crippen LogP contribution in [0.3, 0.4) is 0 Å². The van der Waals surface area contributed by atoms with Crippen LogP contribution in [0, 0.1) is 0 Å². The van der Waals surface area contributed by atoms with E-state index in [0.717, 1.165) is 83.5 Å². The molecule has 0 amide bonds. The SMILES string of the molecule is CCCCCC/C=C\C/C=C\CCCCCCCCCC(=O)OCC(COP(=O)(O)OC1C(O)C(O)C(O)C(O)C1O)OC(=O)CCCCCCCCCCCCC/C=C\C/C=C\CCCCCCC. The highest BCUT2D eigenvalue weighted by atomic mass is 31.2. The maximum atomic E-state index is 12.9. The molecule has 0 saturated heterocycles. The number of aliphatic hydroxyl groups excluding tert-OH is 5. The van der Waals surface area contributed by atoms with Crippen molar-refractivity contribution >= 4 is 19.8 Å². The lowest BCUT2D eigenvalue weighted by Gasteiger charge is -2.41. The number of rotatable bonds is 47. The minimum atomic E-state index is -5.13. The topological polar surface area (TPSA) is 210 Å². The number of carbonyl (C=O) groups is 2. The van der Waals surface area contributed by atoms with Gasteiger partial charge in [-0.15, -0.1) is 0 Å². The predicted molar refractivity (Wildman–Crippen MR) is 281 cm³/mol. The van der Waals surface area contributed by atoms with Crippen molar-refractivity contribution in [2.45, 2.75) is 281 Å². The van der Waals surface area contributed by atoms with Crippen LogP contribution in [0.5, 0.6) is 0 Å². The Balaban J connectivity index is 2.36. The third kappa shape index (κ3) is 36.7. The molecule has 1 aliphatic carbocycles. The monoisotopic (exact) mass is 1010 g/mol. The molecule has 1 fully saturated rings. The second-order valence-corrected chi connectivity index (χ2v) is 20.8. The Morgan fingerprint density at radius 3 is 1.17 bits per heavy atom. The first-order valence-electron chi connectivity index (χ1n) is 27.9. The summed E-state index contributed by atoms with van der Waals surface area (Å²) in [7, 11) is -5.13. The van der Waals surface area contributed by atoms with E-state index in [4.69, 9.17) is 18.5 Å². The zero-order valence-electron chi connectivity index (χ0n) is 43.8. The molecule has 1 saturated carbocycles. The van der Waals surface area contributed by atoms with E-state index < -0.39 is 75.7 Å². The van der Waals surface area contributed by atoms with Crippen LogP contribution in [-0.2, 0) is 32.7 Å². The number of hydrogen-bond donors (Lipinski definition) is 6. The molecule has 0 aromatic rings. The van der Waals surface area contributed by atoms with Crippen molar-refractivity contribution in [3.63, 3.8) is 0 Å². The van der Waals surface area contributed by atoms with Crippen LogP contribution in [0.2, 0.25) is 0 Å². The second kappa shape index (κ2) is 45.4. The first kappa shape index (κ1) is 65.8. The molecule has 0 aromatic carbocycles. The maximum Gasteiger partial charge on any atom is 0.472 e. The first-order chi connectivity index (χ1) is 33.9. The molecule has 6 unspecified atom stereocenters. The molecule has 0 spiro atoms. The molecule has 408 valence electrons. The zero-order chi connectivity index (χ0) is 51.3. The Hall–Kier alpha value is -2.19. The van der Waals surface area contributed by atoms with E-state index in [1.807, 2.05) is 0 Å². The summed E-state index contributed by atoms with van der Waals surface area (Å²) in [5.74, 6) is -1.10. The molecule has 6 atom stereocenters. The minimum Gasteiger partial charge on any atom is -0.462 e. The van der Waals surface area contributed by atoms with Gasteiger partial charge in [0.2, 0.25) is 0 Å². The Labute approximate surface area is 424 Å². The Kier molecular flexibility index (Phi) is 42.7. The molecular weight excluding hydrogens is 912 g/mol. The van der Waals surface area contributed by atoms with Crippen molar-refractivity contribution in [2.75, 3.05) is 13.2 Å². The highest BCUT2D eigenvalue weighted by Gasteiger charge is 2.51. The van der Waals surface area contributed by atoms with E-state index in [1.54, 1.807) is 0 Å². The quantitative estimate of drug-likeness (QED) is 0.0145. The summed E-state index contributed by atoms with van der Waals surface area (Å²) in [6.07, 6.45) is 42.9. The van der Waals surface area contributed by atoms with Crippen LogP contribution in [0.15, 0.2) is 48.6 Å². The van der Waals surface area contributed by atoms with Crippen molar-refractivity contribution < 1.29 is 63.1 Å². The van der Waals surface area contributed by atoms with Gasteiger partial charge in [-0.05, 0) is 77.0 Å². The molecule has 13 nitrogen and oxygen atoms in total. The predicted octanol–water partition coefficient (Wildman–Crippen LogP) is 12.7. The lowest BCUT2D eigenvalue weighted by atomic mass is 9.85. The van der Waals surface area contributed by atoms with Crippen molar-refractivity contribution in [2.24, 2.45) is 0 Å². The van der Waals surface area contributed by atoms with Gasteiger partial charge in [0.25, 0.3) is 0 Å². The summed E-state index contributed by atoms with van der Waals surface area (Å²) < 4.78 is 33.7. The highest BCUT2D eigenvalue weighted by Crippen LogP contribution is 2.47. The molecule has 1 aliphatic rings. The van der Waals surface area contributed by atoms with Gasteiger partial charge in [-0.3, -0.25) is 18.6 Å². The van der Waals surface area contributed by atoms with E-state index in [2.05, 4.69) is 62.5 Å². The summed E-state index contributed by atoms with van der Waals surface area (Å²) in [4.78, 5) is 35.9. The number of phosphoric acid groups is 1. The maximum absolute atomic E-state index is 12.9. The van der Waals surface area contributed by atoms with Crippen LogP contribution in [0.4, 0.5) is 0 Å². The fraction of sp³-hybridized carbons (Fsp3) is 0.821. The van der Waals surface area contributed by atoms with Crippen molar-refractivity contribution in [1.82, 2.24) is 0 Å². The van der Waals surface area contributed by atoms with Gasteiger partial charge in [-0.1, -0.05) is 197 Å². The van der Waals surface area contributed by atoms with Crippen molar-refractivity contribution in [3.8, 4) is 0 Å². The van der Waals surface area contributed by atoms with E-state index in [-0.39, 0.29) is 12.8 Å². The van der Waals surface area contributed by atoms with Crippen LogP contribution in [0.1, 0.15) is 239 Å². The average Bonchev–Trinajstić information content (AvgIpc) is 3.34. The first-order valence-corrected chi connectivity index (χ1v) is 29.4. The van der Waals surface area contributed by atoms with Crippen LogP contribution >= 0.6 is 7.82 Å². The number of phosphoric ester groups is 1. The largest absolute Gasteiger partial charge is 0.472 e. The molecule has 0 aromatic heterocycles. The van der Waals surface area contributed by atoms with E-state index >= 15 is 0 Å². The van der Waals surface area contributed by atoms with Crippen LogP contribution in [0.25, 0.3) is 0 Å². The fourth-order valence-electron chi connectivity index (χ4n) is 8.41. The molecule has 6 N–H and O–H groups in total. The van der Waals surface area contributed by atoms with Gasteiger partial charge in [0.05, 0.1) is 6.61 Å². The van der Waals surface area contributed by atoms with Gasteiger partial charge in [0.15, 0.2) is 6.10 Å². The van der Waals surface area contributed by atoms with Crippen LogP contribution < -0.4 is 0 Å². The number of unbranched alkanes of at least 4 members (excludes halogenated alkanes) is 27. The molecule has 0 radical (unpaired) electrons. The zero-order valence-corrected chi connectivity index (χ0v) is 44.7. The van der Waals surface area contributed by atoms with Gasteiger partial charge in [-0.2, -0.15) is 0 Å². The summed E-state index contributed by atoms with van der Waals surface area (Å²) in [6.45, 7) is 3.30. The van der Waals surface area contributed by atoms with Crippen molar-refractivity contribution in [3.05, 3.63) is 48.6 Å². The standard InChI is InChI=1S/C56H101O13P/c1-3-5-7-9-11-13-15-17-19-21-23-24-25-26-27-29-31-33-35-37-39-41-43-45-50(58)68-48(47-67-70(64,65)69-56-54(62)52(60)51(59)53(61)55(56)63)46-66-49(57)44-42-40-38-36-34-32-30-28-22-20-18-16-14-12-10-8-6-4-2/h14-17,20-23,48,51-56,59-63H,3-13,18-19,24-47H2,1-2H3,(H,64,65)/b16-14-,17-15-,22-20-,23-21-. The Bertz CT molecular complexity index is 1400. The molecule has 70 heavy (non-hydrogen) atoms. The molecule has 14 heteroatoms. The molecule has 1 rings (SSSR count). The second-order valence-electron chi connectivity index (χ2n) is 19.4. The number of hydrogen-bond acceptors (Lipinski definition) is 12. The minimum absolute atomic E-state index is 0.0922. The van der Waals surface area contributed by atoms with E-state index in [0.29, 0.717) is 12.8 Å². The summed E-state index contributed by atoms with van der Waals surface area (Å²) in [5, 5.41) is 50.4. The number of ether oxygens (including phenoxy) is 2. The van der Waals surface area contributed by atoms with E-state index in [9.17, 15) is 44.6 Å². The van der Waals surface area contributed by atoms with Gasteiger partial charge in [-0.25, -0.2) is 4.57 Å². The number of allylic oxidation sites excluding steroid dienone is 8. The fourth-order valence-corrected chi connectivity index (χ4v) is 9.38. The number of carbonyl (C=O) groups excluding carboxylic acids is 2. The lowest BCUT2D eigenvalue weighted by Crippen LogP contribution is -2.64. The van der Waals surface area contributed by atoms with Crippen molar-refractivity contribution in [1.29, 1.82) is 0 Å². The average molecular weight is 1010 g/mol. The van der Waals surface area contributed by atoms with Gasteiger partial charge >= 0.3 is 19.8 Å². The number of esters is 2. The smallest absolute Gasteiger partial charge is 0.462 e. The third-order valence-electron chi connectivity index (χ3n) is 12.9.